The quantitative estimate of drug-likeness (QED) is 0.685. The molecule has 1 aromatic heterocycles. The van der Waals surface area contributed by atoms with E-state index in [1.807, 2.05) is 13.8 Å². The lowest BCUT2D eigenvalue weighted by molar-refractivity contribution is 0.977. The molecule has 4 heteroatoms. The predicted molar refractivity (Wildman–Crippen MR) is 49.1 cm³/mol. The molecule has 4 nitrogen and oxygen atoms in total. The number of rotatable bonds is 3. The fourth-order valence-electron chi connectivity index (χ4n) is 0.964. The van der Waals surface area contributed by atoms with Crippen molar-refractivity contribution in [1.29, 1.82) is 0 Å². The second kappa shape index (κ2) is 4.01. The van der Waals surface area contributed by atoms with Crippen molar-refractivity contribution in [2.24, 2.45) is 5.73 Å². The first-order valence-electron chi connectivity index (χ1n) is 3.98. The van der Waals surface area contributed by atoms with Crippen LogP contribution in [0.15, 0.2) is 6.20 Å². The Balaban J connectivity index is 2.72. The average molecular weight is 166 g/mol. The minimum absolute atomic E-state index is 0.618. The molecule has 0 aromatic carbocycles. The molecule has 1 heterocycles. The standard InChI is InChI=1S/C8H14N4/c1-6-8(10-4-3-9)5-11-7(2)12-6/h5,10H,3-4,9H2,1-2H3. The van der Waals surface area contributed by atoms with Gasteiger partial charge in [0.15, 0.2) is 0 Å². The number of aryl methyl sites for hydroxylation is 2. The summed E-state index contributed by atoms with van der Waals surface area (Å²) in [6, 6.07) is 0. The van der Waals surface area contributed by atoms with Gasteiger partial charge in [0, 0.05) is 13.1 Å². The molecule has 0 spiro atoms. The van der Waals surface area contributed by atoms with E-state index < -0.39 is 0 Å². The first-order valence-corrected chi connectivity index (χ1v) is 3.98. The Morgan fingerprint density at radius 2 is 2.25 bits per heavy atom. The molecule has 0 radical (unpaired) electrons. The van der Waals surface area contributed by atoms with E-state index in [0.29, 0.717) is 6.54 Å². The molecule has 0 saturated carbocycles. The lowest BCUT2D eigenvalue weighted by Crippen LogP contribution is -2.14. The number of nitrogens with one attached hydrogen (secondary N) is 1. The highest BCUT2D eigenvalue weighted by Crippen LogP contribution is 2.08. The molecule has 0 aliphatic rings. The van der Waals surface area contributed by atoms with E-state index in [9.17, 15) is 0 Å². The first-order chi connectivity index (χ1) is 5.74. The zero-order chi connectivity index (χ0) is 8.97. The van der Waals surface area contributed by atoms with Gasteiger partial charge in [-0.3, -0.25) is 0 Å². The van der Waals surface area contributed by atoms with Gasteiger partial charge < -0.3 is 11.1 Å². The van der Waals surface area contributed by atoms with Crippen LogP contribution in [0.25, 0.3) is 0 Å². The highest BCUT2D eigenvalue weighted by atomic mass is 15.0. The Labute approximate surface area is 72.2 Å². The van der Waals surface area contributed by atoms with Crippen LogP contribution in [0.1, 0.15) is 11.5 Å². The molecule has 3 N–H and O–H groups in total. The van der Waals surface area contributed by atoms with Crippen LogP contribution in [0.2, 0.25) is 0 Å². The fourth-order valence-corrected chi connectivity index (χ4v) is 0.964. The van der Waals surface area contributed by atoms with Crippen LogP contribution in [0.4, 0.5) is 5.69 Å². The Morgan fingerprint density at radius 3 is 2.83 bits per heavy atom. The van der Waals surface area contributed by atoms with E-state index in [4.69, 9.17) is 5.73 Å². The fraction of sp³-hybridized carbons (Fsp3) is 0.500. The third-order valence-electron chi connectivity index (χ3n) is 1.56. The summed E-state index contributed by atoms with van der Waals surface area (Å²) in [5.74, 6) is 0.797. The number of nitrogens with two attached hydrogens (primary N) is 1. The summed E-state index contributed by atoms with van der Waals surface area (Å²) in [6.45, 7) is 5.20. The van der Waals surface area contributed by atoms with E-state index in [1.54, 1.807) is 6.20 Å². The SMILES string of the molecule is Cc1ncc(NCCN)c(C)n1. The lowest BCUT2D eigenvalue weighted by Gasteiger charge is -2.06. The molecule has 0 bridgehead atoms. The summed E-state index contributed by atoms with van der Waals surface area (Å²) >= 11 is 0. The van der Waals surface area contributed by atoms with Gasteiger partial charge in [0.2, 0.25) is 0 Å². The summed E-state index contributed by atoms with van der Waals surface area (Å²) in [5, 5.41) is 3.14. The molecular formula is C8H14N4. The van der Waals surface area contributed by atoms with Crippen LogP contribution >= 0.6 is 0 Å². The van der Waals surface area contributed by atoms with E-state index in [1.165, 1.54) is 0 Å². The van der Waals surface area contributed by atoms with Gasteiger partial charge in [-0.2, -0.15) is 0 Å². The zero-order valence-electron chi connectivity index (χ0n) is 7.46. The zero-order valence-corrected chi connectivity index (χ0v) is 7.46. The molecule has 0 amide bonds. The van der Waals surface area contributed by atoms with E-state index in [-0.39, 0.29) is 0 Å². The molecule has 0 atom stereocenters. The molecular weight excluding hydrogens is 152 g/mol. The van der Waals surface area contributed by atoms with Crippen molar-refractivity contribution in [3.8, 4) is 0 Å². The smallest absolute Gasteiger partial charge is 0.125 e. The first kappa shape index (κ1) is 8.93. The van der Waals surface area contributed by atoms with Crippen molar-refractivity contribution < 1.29 is 0 Å². The molecule has 66 valence electrons. The topological polar surface area (TPSA) is 63.8 Å². The van der Waals surface area contributed by atoms with E-state index >= 15 is 0 Å². The molecule has 1 aromatic rings. The molecule has 0 unspecified atom stereocenters. The number of nitrogens with zero attached hydrogens (tertiary/aromatic N) is 2. The van der Waals surface area contributed by atoms with Crippen molar-refractivity contribution in [2.75, 3.05) is 18.4 Å². The van der Waals surface area contributed by atoms with E-state index in [2.05, 4.69) is 15.3 Å². The largest absolute Gasteiger partial charge is 0.381 e. The van der Waals surface area contributed by atoms with Crippen LogP contribution in [0, 0.1) is 13.8 Å². The van der Waals surface area contributed by atoms with Gasteiger partial charge in [0.05, 0.1) is 17.6 Å². The summed E-state index contributed by atoms with van der Waals surface area (Å²) < 4.78 is 0. The van der Waals surface area contributed by atoms with Gasteiger partial charge in [0.25, 0.3) is 0 Å². The third-order valence-corrected chi connectivity index (χ3v) is 1.56. The maximum absolute atomic E-state index is 5.35. The normalized spacial score (nSPS) is 9.92. The Morgan fingerprint density at radius 1 is 1.50 bits per heavy atom. The van der Waals surface area contributed by atoms with Crippen LogP contribution in [-0.4, -0.2) is 23.1 Å². The van der Waals surface area contributed by atoms with Crippen molar-refractivity contribution in [3.63, 3.8) is 0 Å². The second-order valence-electron chi connectivity index (χ2n) is 2.63. The number of aromatic nitrogens is 2. The van der Waals surface area contributed by atoms with Gasteiger partial charge in [-0.25, -0.2) is 9.97 Å². The Kier molecular flexibility index (Phi) is 2.99. The molecule has 12 heavy (non-hydrogen) atoms. The maximum atomic E-state index is 5.35. The van der Waals surface area contributed by atoms with E-state index in [0.717, 1.165) is 23.8 Å². The van der Waals surface area contributed by atoms with Crippen LogP contribution in [0.5, 0.6) is 0 Å². The minimum Gasteiger partial charge on any atom is -0.381 e. The van der Waals surface area contributed by atoms with Gasteiger partial charge >= 0.3 is 0 Å². The lowest BCUT2D eigenvalue weighted by atomic mass is 10.3. The number of hydrogen-bond acceptors (Lipinski definition) is 4. The predicted octanol–water partition coefficient (Wildman–Crippen LogP) is 0.464. The van der Waals surface area contributed by atoms with Gasteiger partial charge in [-0.15, -0.1) is 0 Å². The monoisotopic (exact) mass is 166 g/mol. The summed E-state index contributed by atoms with van der Waals surface area (Å²) in [4.78, 5) is 8.29. The third kappa shape index (κ3) is 2.17. The minimum atomic E-state index is 0.618. The molecule has 1 rings (SSSR count). The Bertz CT molecular complexity index is 259. The average Bonchev–Trinajstić information content (AvgIpc) is 2.03. The summed E-state index contributed by atoms with van der Waals surface area (Å²) in [7, 11) is 0. The Hall–Kier alpha value is -1.16. The molecule has 0 aliphatic carbocycles. The van der Waals surface area contributed by atoms with Gasteiger partial charge in [0.1, 0.15) is 5.82 Å². The van der Waals surface area contributed by atoms with Crippen LogP contribution in [-0.2, 0) is 0 Å². The van der Waals surface area contributed by atoms with Crippen LogP contribution < -0.4 is 11.1 Å². The number of anilines is 1. The van der Waals surface area contributed by atoms with Crippen molar-refractivity contribution in [2.45, 2.75) is 13.8 Å². The van der Waals surface area contributed by atoms with Gasteiger partial charge in [-0.05, 0) is 13.8 Å². The van der Waals surface area contributed by atoms with Crippen molar-refractivity contribution >= 4 is 5.69 Å². The van der Waals surface area contributed by atoms with Crippen molar-refractivity contribution in [3.05, 3.63) is 17.7 Å². The molecule has 0 fully saturated rings. The number of hydrogen-bond donors (Lipinski definition) is 2. The highest BCUT2D eigenvalue weighted by Gasteiger charge is 1.98. The second-order valence-corrected chi connectivity index (χ2v) is 2.63. The highest BCUT2D eigenvalue weighted by molar-refractivity contribution is 5.44. The molecule has 0 aliphatic heterocycles. The maximum Gasteiger partial charge on any atom is 0.125 e. The molecule has 0 saturated heterocycles. The summed E-state index contributed by atoms with van der Waals surface area (Å²) in [5.41, 5.74) is 7.29. The summed E-state index contributed by atoms with van der Waals surface area (Å²) in [6.07, 6.45) is 1.79. The van der Waals surface area contributed by atoms with Crippen molar-refractivity contribution in [1.82, 2.24) is 9.97 Å². The van der Waals surface area contributed by atoms with Crippen LogP contribution in [0.3, 0.4) is 0 Å². The van der Waals surface area contributed by atoms with Gasteiger partial charge in [-0.1, -0.05) is 0 Å².